The highest BCUT2D eigenvalue weighted by Crippen LogP contribution is 2.30. The van der Waals surface area contributed by atoms with Crippen LogP contribution in [0.2, 0.25) is 0 Å². The zero-order chi connectivity index (χ0) is 18.8. The molecule has 3 aliphatic heterocycles. The van der Waals surface area contributed by atoms with Gasteiger partial charge >= 0.3 is 0 Å². The SMILES string of the molecule is Cc1nccn1CCC(=O)N1C[C@H]2CC[C@@H](C1)N(Cc1ccccn1)C2=O. The molecule has 0 saturated carbocycles. The molecule has 2 atom stereocenters. The topological polar surface area (TPSA) is 71.3 Å². The number of carbonyl (C=O) groups excluding carboxylic acids is 2. The van der Waals surface area contributed by atoms with Crippen LogP contribution < -0.4 is 0 Å². The van der Waals surface area contributed by atoms with Gasteiger partial charge in [-0.15, -0.1) is 0 Å². The van der Waals surface area contributed by atoms with Crippen LogP contribution in [0.3, 0.4) is 0 Å². The maximum absolute atomic E-state index is 12.9. The van der Waals surface area contributed by atoms with E-state index in [0.717, 1.165) is 24.4 Å². The molecule has 0 radical (unpaired) electrons. The summed E-state index contributed by atoms with van der Waals surface area (Å²) in [6, 6.07) is 5.85. The van der Waals surface area contributed by atoms with Crippen LogP contribution in [0, 0.1) is 12.8 Å². The largest absolute Gasteiger partial charge is 0.340 e. The van der Waals surface area contributed by atoms with Crippen molar-refractivity contribution in [1.82, 2.24) is 24.3 Å². The van der Waals surface area contributed by atoms with Gasteiger partial charge < -0.3 is 14.4 Å². The minimum atomic E-state index is -0.0913. The molecular formula is C20H25N5O2. The monoisotopic (exact) mass is 367 g/mol. The van der Waals surface area contributed by atoms with Gasteiger partial charge in [0.05, 0.1) is 18.2 Å². The fourth-order valence-electron chi connectivity index (χ4n) is 4.13. The lowest BCUT2D eigenvalue weighted by molar-refractivity contribution is -0.140. The molecule has 0 aliphatic carbocycles. The number of pyridine rings is 1. The van der Waals surface area contributed by atoms with E-state index < -0.39 is 0 Å². The molecule has 3 fully saturated rings. The Morgan fingerprint density at radius 2 is 2.07 bits per heavy atom. The van der Waals surface area contributed by atoms with Gasteiger partial charge in [0.2, 0.25) is 11.8 Å². The molecule has 27 heavy (non-hydrogen) atoms. The number of amides is 2. The van der Waals surface area contributed by atoms with Gasteiger partial charge in [0.1, 0.15) is 5.82 Å². The second-order valence-electron chi connectivity index (χ2n) is 7.43. The Labute approximate surface area is 159 Å². The lowest BCUT2D eigenvalue weighted by atomic mass is 9.94. The van der Waals surface area contributed by atoms with Gasteiger partial charge in [-0.05, 0) is 31.9 Å². The molecule has 2 bridgehead atoms. The van der Waals surface area contributed by atoms with Crippen LogP contribution >= 0.6 is 0 Å². The summed E-state index contributed by atoms with van der Waals surface area (Å²) in [5.74, 6) is 1.10. The number of imidazole rings is 1. The second kappa shape index (κ2) is 7.50. The zero-order valence-corrected chi connectivity index (χ0v) is 15.6. The number of fused-ring (bicyclic) bond motifs is 4. The van der Waals surface area contributed by atoms with Gasteiger partial charge in [-0.25, -0.2) is 4.98 Å². The Morgan fingerprint density at radius 3 is 2.81 bits per heavy atom. The Hall–Kier alpha value is -2.70. The van der Waals surface area contributed by atoms with Gasteiger partial charge in [-0.3, -0.25) is 14.6 Å². The van der Waals surface area contributed by atoms with Gasteiger partial charge in [0.15, 0.2) is 0 Å². The molecule has 2 aromatic rings. The summed E-state index contributed by atoms with van der Waals surface area (Å²) in [6.45, 7) is 4.25. The van der Waals surface area contributed by atoms with Crippen molar-refractivity contribution in [2.75, 3.05) is 13.1 Å². The van der Waals surface area contributed by atoms with Crippen LogP contribution in [0.15, 0.2) is 36.8 Å². The molecule has 0 aromatic carbocycles. The number of aromatic nitrogens is 3. The molecule has 0 N–H and O–H groups in total. The maximum Gasteiger partial charge on any atom is 0.228 e. The first kappa shape index (κ1) is 17.7. The van der Waals surface area contributed by atoms with Crippen molar-refractivity contribution in [3.05, 3.63) is 48.3 Å². The molecule has 7 heteroatoms. The van der Waals surface area contributed by atoms with Gasteiger partial charge in [-0.1, -0.05) is 6.07 Å². The normalized spacial score (nSPS) is 22.2. The molecular weight excluding hydrogens is 342 g/mol. The quantitative estimate of drug-likeness (QED) is 0.805. The number of nitrogens with zero attached hydrogens (tertiary/aromatic N) is 5. The summed E-state index contributed by atoms with van der Waals surface area (Å²) >= 11 is 0. The third-order valence-electron chi connectivity index (χ3n) is 5.69. The van der Waals surface area contributed by atoms with Crippen LogP contribution in [-0.4, -0.2) is 55.3 Å². The van der Waals surface area contributed by atoms with Crippen molar-refractivity contribution in [3.8, 4) is 0 Å². The first-order valence-electron chi connectivity index (χ1n) is 9.57. The van der Waals surface area contributed by atoms with Gasteiger partial charge in [0.25, 0.3) is 0 Å². The van der Waals surface area contributed by atoms with Crippen molar-refractivity contribution in [2.24, 2.45) is 5.92 Å². The standard InChI is InChI=1S/C20H25N5O2/c1-15-21-9-11-23(15)10-7-19(26)24-12-16-5-6-18(14-24)25(20(16)27)13-17-4-2-3-8-22-17/h2-4,8-9,11,16,18H,5-7,10,12-14H2,1H3/t16-,18+/m1/s1. The number of aryl methyl sites for hydroxylation is 2. The molecule has 3 aliphatic rings. The third-order valence-corrected chi connectivity index (χ3v) is 5.69. The highest BCUT2D eigenvalue weighted by atomic mass is 16.2. The summed E-state index contributed by atoms with van der Waals surface area (Å²) in [4.78, 5) is 38.1. The molecule has 5 heterocycles. The van der Waals surface area contributed by atoms with Crippen LogP contribution in [0.1, 0.15) is 30.8 Å². The fraction of sp³-hybridized carbons (Fsp3) is 0.500. The van der Waals surface area contributed by atoms with Gasteiger partial charge in [0, 0.05) is 50.7 Å². The smallest absolute Gasteiger partial charge is 0.228 e. The molecule has 3 saturated heterocycles. The minimum absolute atomic E-state index is 0.0807. The molecule has 0 spiro atoms. The van der Waals surface area contributed by atoms with Crippen LogP contribution in [0.4, 0.5) is 0 Å². The zero-order valence-electron chi connectivity index (χ0n) is 15.6. The second-order valence-corrected chi connectivity index (χ2v) is 7.43. The van der Waals surface area contributed by atoms with Crippen LogP contribution in [0.5, 0.6) is 0 Å². The van der Waals surface area contributed by atoms with E-state index in [0.29, 0.717) is 32.6 Å². The van der Waals surface area contributed by atoms with E-state index in [4.69, 9.17) is 0 Å². The first-order chi connectivity index (χ1) is 13.1. The third kappa shape index (κ3) is 3.72. The molecule has 142 valence electrons. The Balaban J connectivity index is 1.43. The predicted molar refractivity (Wildman–Crippen MR) is 99.5 cm³/mol. The number of piperidine rings is 1. The van der Waals surface area contributed by atoms with E-state index in [1.165, 1.54) is 0 Å². The summed E-state index contributed by atoms with van der Waals surface area (Å²) in [6.07, 6.45) is 7.65. The first-order valence-corrected chi connectivity index (χ1v) is 9.57. The van der Waals surface area contributed by atoms with E-state index in [9.17, 15) is 9.59 Å². The molecule has 5 rings (SSSR count). The van der Waals surface area contributed by atoms with E-state index in [2.05, 4.69) is 9.97 Å². The van der Waals surface area contributed by atoms with E-state index in [1.807, 2.05) is 45.7 Å². The molecule has 0 unspecified atom stereocenters. The summed E-state index contributed by atoms with van der Waals surface area (Å²) < 4.78 is 1.99. The van der Waals surface area contributed by atoms with Crippen LogP contribution in [-0.2, 0) is 22.7 Å². The number of carbonyl (C=O) groups is 2. The fourth-order valence-corrected chi connectivity index (χ4v) is 4.13. The summed E-state index contributed by atoms with van der Waals surface area (Å²) in [5, 5.41) is 0. The average molecular weight is 367 g/mol. The van der Waals surface area contributed by atoms with Crippen LogP contribution in [0.25, 0.3) is 0 Å². The summed E-state index contributed by atoms with van der Waals surface area (Å²) in [5.41, 5.74) is 0.895. The lowest BCUT2D eigenvalue weighted by Gasteiger charge is -2.35. The summed E-state index contributed by atoms with van der Waals surface area (Å²) in [7, 11) is 0. The minimum Gasteiger partial charge on any atom is -0.340 e. The number of hydrogen-bond acceptors (Lipinski definition) is 4. The predicted octanol–water partition coefficient (Wildman–Crippen LogP) is 1.63. The average Bonchev–Trinajstić information content (AvgIpc) is 2.90. The highest BCUT2D eigenvalue weighted by Gasteiger charge is 2.41. The van der Waals surface area contributed by atoms with E-state index in [-0.39, 0.29) is 23.8 Å². The van der Waals surface area contributed by atoms with Crippen molar-refractivity contribution >= 4 is 11.8 Å². The Bertz CT molecular complexity index is 819. The van der Waals surface area contributed by atoms with E-state index in [1.54, 1.807) is 12.4 Å². The number of rotatable bonds is 5. The van der Waals surface area contributed by atoms with Crippen molar-refractivity contribution < 1.29 is 9.59 Å². The van der Waals surface area contributed by atoms with Crippen molar-refractivity contribution in [3.63, 3.8) is 0 Å². The van der Waals surface area contributed by atoms with Crippen molar-refractivity contribution in [1.29, 1.82) is 0 Å². The van der Waals surface area contributed by atoms with Gasteiger partial charge in [-0.2, -0.15) is 0 Å². The number of hydrogen-bond donors (Lipinski definition) is 0. The Kier molecular flexibility index (Phi) is 4.92. The Morgan fingerprint density at radius 1 is 1.19 bits per heavy atom. The highest BCUT2D eigenvalue weighted by molar-refractivity contribution is 5.83. The van der Waals surface area contributed by atoms with E-state index >= 15 is 0 Å². The molecule has 2 amide bonds. The molecule has 7 nitrogen and oxygen atoms in total. The molecule has 2 aromatic heterocycles. The van der Waals surface area contributed by atoms with Crippen molar-refractivity contribution in [2.45, 2.75) is 45.3 Å². The lowest BCUT2D eigenvalue weighted by Crippen LogP contribution is -2.47. The maximum atomic E-state index is 12.9.